The molecule has 0 bridgehead atoms. The molecule has 0 spiro atoms. The molecule has 11 heterocycles. The second-order valence-corrected chi connectivity index (χ2v) is 31.0. The van der Waals surface area contributed by atoms with Crippen molar-refractivity contribution >= 4 is 93.0 Å². The van der Waals surface area contributed by atoms with Crippen LogP contribution in [0.4, 0.5) is 45.0 Å². The lowest BCUT2D eigenvalue weighted by Crippen LogP contribution is -2.31. The van der Waals surface area contributed by atoms with Crippen LogP contribution in [-0.2, 0) is 86.1 Å². The van der Waals surface area contributed by atoms with Crippen molar-refractivity contribution in [1.82, 2.24) is 74.5 Å². The number of carbonyl (C=O) groups excluding carboxylic acids is 6. The minimum Gasteiger partial charge on any atom is -0.462 e. The summed E-state index contributed by atoms with van der Waals surface area (Å²) in [6.07, 6.45) is 5.43. The van der Waals surface area contributed by atoms with E-state index in [4.69, 9.17) is 66.3 Å². The summed E-state index contributed by atoms with van der Waals surface area (Å²) in [5.41, 5.74) is 5.85. The summed E-state index contributed by atoms with van der Waals surface area (Å²) in [4.78, 5) is 113. The standard InChI is InChI=1S/C33H35FN6O6.2C30H31FN6O7/c1-3-35-33(42)39-30-27-31(37-18-36-30)40(19-38-27)25-15-21(16-43-17-23-22(32(41)44-4-2)11-8-12-24(23)34)28-29(25)46-26(45-28)14-13-20-9-6-5-7-10-20;2*1-3-32-30(39)36-25-22-26(34-15-33-25)37(16-35-22)27-24-23(43-29(44-24)17-9-6-5-7-10-17)21(42-27)14-40-13-19-18(28(38)41-4-2)11-8-12-20(19)31/h5-14,18-19,21,25-26,28-29H,3-4,15-17H2,1-2H3,(H2,35,36,37,39,42);2*5-12,15-16,21,23-24,27,29H,3-4,13-14H2,1-2H3,(H2,32,33,34,36,39)/b14-13+;;/t21?,25?,26-,28?,29?;2*21?,23?,24?,27?,29-/m000/s1. The summed E-state index contributed by atoms with van der Waals surface area (Å²) in [6, 6.07) is 40.1. The van der Waals surface area contributed by atoms with Gasteiger partial charge in [-0.3, -0.25) is 25.1 Å². The Morgan fingerprint density at radius 3 is 1.16 bits per heavy atom. The summed E-state index contributed by atoms with van der Waals surface area (Å²) in [5.74, 6) is -2.93. The molecule has 15 atom stereocenters. The van der Waals surface area contributed by atoms with Crippen molar-refractivity contribution in [3.63, 3.8) is 0 Å². The molecule has 6 aromatic carbocycles. The fourth-order valence-corrected chi connectivity index (χ4v) is 16.5. The second-order valence-electron chi connectivity index (χ2n) is 31.0. The van der Waals surface area contributed by atoms with E-state index in [0.29, 0.717) is 65.4 Å². The maximum atomic E-state index is 14.8. The smallest absolute Gasteiger partial charge is 0.338 e. The van der Waals surface area contributed by atoms with E-state index >= 15 is 0 Å². The van der Waals surface area contributed by atoms with Crippen molar-refractivity contribution in [2.24, 2.45) is 5.92 Å². The molecule has 18 rings (SSSR count). The highest BCUT2D eigenvalue weighted by atomic mass is 19.1. The summed E-state index contributed by atoms with van der Waals surface area (Å²) < 4.78 is 134. The zero-order valence-corrected chi connectivity index (χ0v) is 73.5. The number of urea groups is 3. The Kier molecular flexibility index (Phi) is 30.5. The SMILES string of the molecule is CCNC(=O)Nc1ncnc2c1ncn2C1CC(COCc2c(F)cccc2C(=O)OCC)C2O[C@H](/C=C/c3ccccc3)OC21.CCNC(=O)Nc1ncnc2c1ncn2C1OC(COCc2c(F)cccc2C(=O)OCC)C2O[C@H](c3ccccc3)OC21.CCNC(=O)Nc1ncnc2c1ncn2C1OC(COCc2c(F)cccc2C(=O)OCC)C2O[C@H](c3ccccc3)OC21. The highest BCUT2D eigenvalue weighted by Gasteiger charge is 2.57. The first-order chi connectivity index (χ1) is 65.4. The lowest BCUT2D eigenvalue weighted by molar-refractivity contribution is -0.158. The summed E-state index contributed by atoms with van der Waals surface area (Å²) in [5, 5.41) is 16.1. The van der Waals surface area contributed by atoms with Crippen LogP contribution in [0.2, 0.25) is 0 Å². The maximum absolute atomic E-state index is 14.8. The first-order valence-electron chi connectivity index (χ1n) is 43.7. The number of hydrogen-bond donors (Lipinski definition) is 6. The molecular formula is C93H97F3N18O20. The molecular weight excluding hydrogens is 1750 g/mol. The van der Waals surface area contributed by atoms with Crippen molar-refractivity contribution in [2.45, 2.75) is 154 Å². The molecule has 6 amide bonds. The van der Waals surface area contributed by atoms with E-state index in [1.165, 1.54) is 86.2 Å². The van der Waals surface area contributed by atoms with Gasteiger partial charge in [0.25, 0.3) is 0 Å². The normalized spacial score (nSPS) is 22.5. The third-order valence-electron chi connectivity index (χ3n) is 22.5. The van der Waals surface area contributed by atoms with Crippen molar-refractivity contribution in [2.75, 3.05) is 75.2 Å². The van der Waals surface area contributed by atoms with Crippen LogP contribution in [0.25, 0.3) is 39.6 Å². The lowest BCUT2D eigenvalue weighted by atomic mass is 10.1. The Bertz CT molecular complexity index is 5910. The number of benzene rings is 6. The van der Waals surface area contributed by atoms with Gasteiger partial charge in [0.15, 0.2) is 82.3 Å². The predicted octanol–water partition coefficient (Wildman–Crippen LogP) is 12.6. The van der Waals surface area contributed by atoms with Crippen molar-refractivity contribution in [3.05, 3.63) is 257 Å². The molecule has 12 aromatic rings. The van der Waals surface area contributed by atoms with E-state index in [9.17, 15) is 41.9 Å². The zero-order valence-electron chi connectivity index (χ0n) is 73.5. The molecule has 1 saturated carbocycles. The highest BCUT2D eigenvalue weighted by molar-refractivity contribution is 5.98. The minimum atomic E-state index is -0.733. The van der Waals surface area contributed by atoms with Gasteiger partial charge >= 0.3 is 36.0 Å². The van der Waals surface area contributed by atoms with E-state index in [-0.39, 0.29) is 129 Å². The van der Waals surface area contributed by atoms with Gasteiger partial charge in [-0.25, -0.2) is 86.8 Å². The molecule has 6 N–H and O–H groups in total. The van der Waals surface area contributed by atoms with Crippen LogP contribution in [0, 0.1) is 23.4 Å². The van der Waals surface area contributed by atoms with Crippen LogP contribution < -0.4 is 31.9 Å². The topological polar surface area (TPSA) is 435 Å². The minimum absolute atomic E-state index is 0.00471. The summed E-state index contributed by atoms with van der Waals surface area (Å²) in [6.45, 7) is 12.1. The molecule has 134 heavy (non-hydrogen) atoms. The quantitative estimate of drug-likeness (QED) is 0.0174. The molecule has 6 aliphatic rings. The number of halogens is 3. The molecule has 38 nitrogen and oxygen atoms in total. The van der Waals surface area contributed by atoms with Crippen LogP contribution in [0.5, 0.6) is 0 Å². The van der Waals surface area contributed by atoms with Crippen LogP contribution in [0.3, 0.4) is 0 Å². The van der Waals surface area contributed by atoms with Gasteiger partial charge in [-0.15, -0.1) is 0 Å². The molecule has 6 fully saturated rings. The van der Waals surface area contributed by atoms with Gasteiger partial charge < -0.3 is 86.8 Å². The number of carbonyl (C=O) groups is 6. The van der Waals surface area contributed by atoms with E-state index in [1.807, 2.05) is 115 Å². The van der Waals surface area contributed by atoms with Gasteiger partial charge in [0, 0.05) is 53.4 Å². The molecule has 5 saturated heterocycles. The average molecular weight is 1840 g/mol. The maximum Gasteiger partial charge on any atom is 0.338 e. The largest absolute Gasteiger partial charge is 0.462 e. The molecule has 5 aliphatic heterocycles. The predicted molar refractivity (Wildman–Crippen MR) is 472 cm³/mol. The van der Waals surface area contributed by atoms with E-state index in [0.717, 1.165) is 16.7 Å². The third-order valence-corrected chi connectivity index (χ3v) is 22.5. The number of imidazole rings is 3. The third kappa shape index (κ3) is 21.0. The summed E-state index contributed by atoms with van der Waals surface area (Å²) >= 11 is 0. The van der Waals surface area contributed by atoms with Gasteiger partial charge in [-0.1, -0.05) is 115 Å². The number of aromatic nitrogens is 12. The molecule has 0 radical (unpaired) electrons. The number of fused-ring (bicyclic) bond motifs is 6. The highest BCUT2D eigenvalue weighted by Crippen LogP contribution is 2.49. The van der Waals surface area contributed by atoms with Gasteiger partial charge in [0.1, 0.15) is 79.2 Å². The Balaban J connectivity index is 0.000000146. The Morgan fingerprint density at radius 1 is 0.396 bits per heavy atom. The van der Waals surface area contributed by atoms with Gasteiger partial charge in [0.05, 0.1) is 107 Å². The number of rotatable bonds is 31. The van der Waals surface area contributed by atoms with Crippen molar-refractivity contribution < 1.29 is 108 Å². The van der Waals surface area contributed by atoms with Crippen LogP contribution in [0.15, 0.2) is 190 Å². The van der Waals surface area contributed by atoms with Gasteiger partial charge in [0.2, 0.25) is 0 Å². The zero-order chi connectivity index (χ0) is 93.3. The molecule has 6 aromatic heterocycles. The van der Waals surface area contributed by atoms with E-state index in [1.54, 1.807) is 50.1 Å². The number of nitrogens with one attached hydrogen (secondary N) is 6. The number of esters is 3. The number of anilines is 3. The Morgan fingerprint density at radius 2 is 0.761 bits per heavy atom. The lowest BCUT2D eigenvalue weighted by Gasteiger charge is -2.21. The number of nitrogens with zero attached hydrogens (tertiary/aromatic N) is 12. The molecule has 12 unspecified atom stereocenters. The Labute approximate surface area is 764 Å². The fraction of sp³-hybridized carbons (Fsp3) is 0.366. The summed E-state index contributed by atoms with van der Waals surface area (Å²) in [7, 11) is 0. The number of ether oxygens (including phenoxy) is 14. The monoisotopic (exact) mass is 1840 g/mol. The molecule has 1 aliphatic carbocycles. The van der Waals surface area contributed by atoms with E-state index in [2.05, 4.69) is 76.8 Å². The first kappa shape index (κ1) is 93.5. The first-order valence-corrected chi connectivity index (χ1v) is 43.7. The van der Waals surface area contributed by atoms with Crippen LogP contribution in [0.1, 0.15) is 143 Å². The molecule has 700 valence electrons. The second kappa shape index (κ2) is 43.8. The number of amides is 6. The average Bonchev–Trinajstić information content (AvgIpc) is 1.60. The van der Waals surface area contributed by atoms with Crippen molar-refractivity contribution in [1.29, 1.82) is 0 Å². The van der Waals surface area contributed by atoms with Crippen LogP contribution >= 0.6 is 0 Å². The Hall–Kier alpha value is -13.7. The van der Waals surface area contributed by atoms with Crippen LogP contribution in [-0.4, -0.2) is 209 Å². The molecule has 41 heteroatoms. The van der Waals surface area contributed by atoms with E-state index < -0.39 is 121 Å². The fourth-order valence-electron chi connectivity index (χ4n) is 16.5. The number of hydrogen-bond acceptors (Lipinski definition) is 29. The van der Waals surface area contributed by atoms with Gasteiger partial charge in [-0.05, 0) is 96.0 Å². The van der Waals surface area contributed by atoms with Gasteiger partial charge in [-0.2, -0.15) is 0 Å². The van der Waals surface area contributed by atoms with Crippen molar-refractivity contribution in [3.8, 4) is 0 Å².